The number of pyridine rings is 1. The molecule has 6 heteroatoms. The van der Waals surface area contributed by atoms with Crippen LogP contribution in [-0.2, 0) is 6.54 Å². The lowest BCUT2D eigenvalue weighted by Crippen LogP contribution is -2.23. The van der Waals surface area contributed by atoms with Crippen LogP contribution in [0.25, 0.3) is 5.69 Å². The molecule has 1 N–H and O–H groups in total. The van der Waals surface area contributed by atoms with Gasteiger partial charge in [0.05, 0.1) is 18.4 Å². The van der Waals surface area contributed by atoms with Crippen LogP contribution < -0.4 is 10.1 Å². The Morgan fingerprint density at radius 2 is 2.00 bits per heavy atom. The molecule has 0 aliphatic heterocycles. The molecule has 0 radical (unpaired) electrons. The number of carbonyl (C=O) groups is 1. The summed E-state index contributed by atoms with van der Waals surface area (Å²) < 4.78 is 20.9. The van der Waals surface area contributed by atoms with Gasteiger partial charge in [-0.05, 0) is 37.6 Å². The van der Waals surface area contributed by atoms with Crippen LogP contribution in [0, 0.1) is 19.7 Å². The van der Waals surface area contributed by atoms with Crippen molar-refractivity contribution in [1.82, 2.24) is 14.9 Å². The molecule has 2 heterocycles. The van der Waals surface area contributed by atoms with E-state index in [1.54, 1.807) is 48.2 Å². The van der Waals surface area contributed by atoms with Crippen molar-refractivity contribution in [2.75, 3.05) is 7.11 Å². The monoisotopic (exact) mass is 353 g/mol. The van der Waals surface area contributed by atoms with E-state index in [1.807, 2.05) is 19.9 Å². The first kappa shape index (κ1) is 17.7. The Bertz CT molecular complexity index is 933. The molecule has 1 amide bonds. The van der Waals surface area contributed by atoms with Crippen LogP contribution in [0.1, 0.15) is 27.3 Å². The number of halogens is 1. The third kappa shape index (κ3) is 3.44. The minimum atomic E-state index is -0.328. The Labute approximate surface area is 151 Å². The molecule has 0 spiro atoms. The molecule has 0 saturated carbocycles. The summed E-state index contributed by atoms with van der Waals surface area (Å²) in [5, 5.41) is 2.87. The number of nitrogens with zero attached hydrogens (tertiary/aromatic N) is 2. The van der Waals surface area contributed by atoms with Gasteiger partial charge >= 0.3 is 0 Å². The van der Waals surface area contributed by atoms with E-state index >= 15 is 0 Å². The van der Waals surface area contributed by atoms with Gasteiger partial charge < -0.3 is 14.6 Å². The van der Waals surface area contributed by atoms with E-state index in [4.69, 9.17) is 4.74 Å². The van der Waals surface area contributed by atoms with Gasteiger partial charge in [0, 0.05) is 30.2 Å². The third-order valence-electron chi connectivity index (χ3n) is 4.23. The van der Waals surface area contributed by atoms with E-state index in [1.165, 1.54) is 6.07 Å². The minimum absolute atomic E-state index is 0.212. The largest absolute Gasteiger partial charge is 0.481 e. The highest BCUT2D eigenvalue weighted by Crippen LogP contribution is 2.22. The number of hydrogen-bond donors (Lipinski definition) is 1. The molecule has 134 valence electrons. The Morgan fingerprint density at radius 3 is 2.65 bits per heavy atom. The fourth-order valence-corrected chi connectivity index (χ4v) is 2.91. The van der Waals surface area contributed by atoms with Gasteiger partial charge in [-0.2, -0.15) is 0 Å². The van der Waals surface area contributed by atoms with Crippen molar-refractivity contribution in [3.05, 3.63) is 77.0 Å². The zero-order valence-corrected chi connectivity index (χ0v) is 14.9. The molecule has 1 aromatic carbocycles. The second kappa shape index (κ2) is 7.39. The molecule has 0 saturated heterocycles. The number of aromatic nitrogens is 2. The summed E-state index contributed by atoms with van der Waals surface area (Å²) in [5.74, 6) is -0.0180. The minimum Gasteiger partial charge on any atom is -0.481 e. The number of methoxy groups -OCH3 is 1. The lowest BCUT2D eigenvalue weighted by atomic mass is 10.2. The average Bonchev–Trinajstić information content (AvgIpc) is 2.95. The lowest BCUT2D eigenvalue weighted by Gasteiger charge is -2.11. The average molecular weight is 353 g/mol. The first-order valence-corrected chi connectivity index (χ1v) is 8.22. The number of carbonyl (C=O) groups excluding carboxylic acids is 1. The van der Waals surface area contributed by atoms with Crippen LogP contribution >= 0.6 is 0 Å². The van der Waals surface area contributed by atoms with Gasteiger partial charge in [-0.1, -0.05) is 18.2 Å². The van der Waals surface area contributed by atoms with E-state index < -0.39 is 0 Å². The van der Waals surface area contributed by atoms with Crippen LogP contribution in [0.2, 0.25) is 0 Å². The molecular weight excluding hydrogens is 333 g/mol. The van der Waals surface area contributed by atoms with Gasteiger partial charge in [0.25, 0.3) is 5.91 Å². The van der Waals surface area contributed by atoms with E-state index in [0.717, 1.165) is 11.3 Å². The van der Waals surface area contributed by atoms with Gasteiger partial charge in [0.15, 0.2) is 0 Å². The van der Waals surface area contributed by atoms with Crippen LogP contribution in [0.4, 0.5) is 4.39 Å². The Hall–Kier alpha value is -3.15. The van der Waals surface area contributed by atoms with Gasteiger partial charge in [-0.25, -0.2) is 9.37 Å². The van der Waals surface area contributed by atoms with Gasteiger partial charge in [0.2, 0.25) is 5.88 Å². The quantitative estimate of drug-likeness (QED) is 0.763. The van der Waals surface area contributed by atoms with Crippen molar-refractivity contribution in [1.29, 1.82) is 0 Å². The smallest absolute Gasteiger partial charge is 0.253 e. The number of ether oxygens (including phenoxy) is 1. The van der Waals surface area contributed by atoms with Crippen molar-refractivity contribution < 1.29 is 13.9 Å². The van der Waals surface area contributed by atoms with E-state index in [2.05, 4.69) is 10.3 Å². The maximum atomic E-state index is 14.1. The Balaban J connectivity index is 1.80. The number of hydrogen-bond acceptors (Lipinski definition) is 3. The van der Waals surface area contributed by atoms with Crippen LogP contribution in [-0.4, -0.2) is 22.6 Å². The molecule has 5 nitrogen and oxygen atoms in total. The highest BCUT2D eigenvalue weighted by atomic mass is 19.1. The first-order chi connectivity index (χ1) is 12.5. The van der Waals surface area contributed by atoms with Crippen molar-refractivity contribution >= 4 is 5.91 Å². The summed E-state index contributed by atoms with van der Waals surface area (Å²) in [6, 6.07) is 11.9. The summed E-state index contributed by atoms with van der Waals surface area (Å²) in [5.41, 5.74) is 3.30. The SMILES string of the molecule is COc1ccc(CNC(=O)c2cc(C)n(-c3ccccc3F)c2C)cn1. The molecule has 0 fully saturated rings. The molecule has 0 bridgehead atoms. The third-order valence-corrected chi connectivity index (χ3v) is 4.23. The number of benzene rings is 1. The fraction of sp³-hybridized carbons (Fsp3) is 0.200. The van der Waals surface area contributed by atoms with Crippen molar-refractivity contribution in [2.45, 2.75) is 20.4 Å². The summed E-state index contributed by atoms with van der Waals surface area (Å²) in [6.45, 7) is 4.01. The molecular formula is C20H20FN3O2. The molecule has 2 aromatic heterocycles. The molecule has 26 heavy (non-hydrogen) atoms. The highest BCUT2D eigenvalue weighted by molar-refractivity contribution is 5.95. The van der Waals surface area contributed by atoms with Crippen LogP contribution in [0.3, 0.4) is 0 Å². The zero-order valence-electron chi connectivity index (χ0n) is 14.9. The van der Waals surface area contributed by atoms with Gasteiger partial charge in [-0.15, -0.1) is 0 Å². The number of aryl methyl sites for hydroxylation is 1. The maximum Gasteiger partial charge on any atom is 0.253 e. The number of nitrogens with one attached hydrogen (secondary N) is 1. The predicted molar refractivity (Wildman–Crippen MR) is 97.2 cm³/mol. The second-order valence-corrected chi connectivity index (χ2v) is 5.96. The summed E-state index contributed by atoms with van der Waals surface area (Å²) in [6.07, 6.45) is 1.65. The first-order valence-electron chi connectivity index (χ1n) is 8.22. The molecule has 0 aliphatic rings. The summed E-state index contributed by atoms with van der Waals surface area (Å²) in [7, 11) is 1.55. The number of para-hydroxylation sites is 1. The van der Waals surface area contributed by atoms with Gasteiger partial charge in [0.1, 0.15) is 5.82 Å². The predicted octanol–water partition coefficient (Wildman–Crippen LogP) is 3.57. The second-order valence-electron chi connectivity index (χ2n) is 5.96. The normalized spacial score (nSPS) is 10.6. The van der Waals surface area contributed by atoms with Gasteiger partial charge in [-0.3, -0.25) is 4.79 Å². The van der Waals surface area contributed by atoms with E-state index in [0.29, 0.717) is 29.4 Å². The Kier molecular flexibility index (Phi) is 5.02. The molecule has 0 unspecified atom stereocenters. The zero-order chi connectivity index (χ0) is 18.7. The van der Waals surface area contributed by atoms with Crippen molar-refractivity contribution in [3.8, 4) is 11.6 Å². The molecule has 0 aliphatic carbocycles. The lowest BCUT2D eigenvalue weighted by molar-refractivity contribution is 0.0950. The van der Waals surface area contributed by atoms with Crippen LogP contribution in [0.15, 0.2) is 48.7 Å². The maximum absolute atomic E-state index is 14.1. The Morgan fingerprint density at radius 1 is 1.23 bits per heavy atom. The summed E-state index contributed by atoms with van der Waals surface area (Å²) >= 11 is 0. The van der Waals surface area contributed by atoms with E-state index in [-0.39, 0.29) is 11.7 Å². The molecule has 3 aromatic rings. The number of amides is 1. The standard InChI is InChI=1S/C20H20FN3O2/c1-13-10-16(14(2)24(13)18-7-5-4-6-17(18)21)20(25)23-12-15-8-9-19(26-3)22-11-15/h4-11H,12H2,1-3H3,(H,23,25). The summed E-state index contributed by atoms with van der Waals surface area (Å²) in [4.78, 5) is 16.7. The highest BCUT2D eigenvalue weighted by Gasteiger charge is 2.18. The number of rotatable bonds is 5. The topological polar surface area (TPSA) is 56.1 Å². The molecule has 0 atom stereocenters. The fourth-order valence-electron chi connectivity index (χ4n) is 2.91. The van der Waals surface area contributed by atoms with Crippen molar-refractivity contribution in [3.63, 3.8) is 0 Å². The molecule has 3 rings (SSSR count). The van der Waals surface area contributed by atoms with Crippen molar-refractivity contribution in [2.24, 2.45) is 0 Å². The van der Waals surface area contributed by atoms with Crippen LogP contribution in [0.5, 0.6) is 5.88 Å². The van der Waals surface area contributed by atoms with E-state index in [9.17, 15) is 9.18 Å².